The van der Waals surface area contributed by atoms with Crippen molar-refractivity contribution in [3.05, 3.63) is 45.1 Å². The van der Waals surface area contributed by atoms with E-state index in [0.717, 1.165) is 12.1 Å². The van der Waals surface area contributed by atoms with Gasteiger partial charge in [-0.1, -0.05) is 28.9 Å². The summed E-state index contributed by atoms with van der Waals surface area (Å²) in [5.74, 6) is -0.739. The molecule has 0 fully saturated rings. The number of nitrogens with zero attached hydrogens (tertiary/aromatic N) is 3. The maximum atomic E-state index is 12.9. The number of benzene rings is 1. The lowest BCUT2D eigenvalue weighted by Crippen LogP contribution is -1.81. The normalized spacial score (nSPS) is 10.3. The van der Waals surface area contributed by atoms with Crippen LogP contribution in [0, 0.1) is 5.82 Å². The summed E-state index contributed by atoms with van der Waals surface area (Å²) in [6, 6.07) is 2.15. The average molecular weight is 228 g/mol. The van der Waals surface area contributed by atoms with Crippen molar-refractivity contribution in [3.63, 3.8) is 0 Å². The second-order valence-corrected chi connectivity index (χ2v) is 3.05. The SMILES string of the molecule is [N-]=[N+]=NCC=Cc1cc(F)cc(Cl)c1O. The van der Waals surface area contributed by atoms with Crippen molar-refractivity contribution in [2.45, 2.75) is 0 Å². The predicted molar refractivity (Wildman–Crippen MR) is 56.1 cm³/mol. The van der Waals surface area contributed by atoms with Crippen molar-refractivity contribution in [1.82, 2.24) is 0 Å². The van der Waals surface area contributed by atoms with E-state index < -0.39 is 5.82 Å². The van der Waals surface area contributed by atoms with Crippen LogP contribution < -0.4 is 0 Å². The Hall–Kier alpha value is -1.71. The first kappa shape index (κ1) is 11.4. The summed E-state index contributed by atoms with van der Waals surface area (Å²) in [4.78, 5) is 2.54. The van der Waals surface area contributed by atoms with Gasteiger partial charge in [-0.2, -0.15) is 0 Å². The molecule has 1 rings (SSSR count). The van der Waals surface area contributed by atoms with E-state index >= 15 is 0 Å². The zero-order valence-corrected chi connectivity index (χ0v) is 8.32. The molecule has 6 heteroatoms. The van der Waals surface area contributed by atoms with Gasteiger partial charge in [0.25, 0.3) is 0 Å². The van der Waals surface area contributed by atoms with Crippen LogP contribution in [0.2, 0.25) is 5.02 Å². The van der Waals surface area contributed by atoms with E-state index in [0.29, 0.717) is 0 Å². The first-order valence-electron chi connectivity index (χ1n) is 4.00. The molecule has 0 aromatic heterocycles. The zero-order valence-electron chi connectivity index (χ0n) is 7.56. The number of hydrogen-bond donors (Lipinski definition) is 1. The molecule has 0 aliphatic carbocycles. The van der Waals surface area contributed by atoms with Crippen molar-refractivity contribution < 1.29 is 9.50 Å². The lowest BCUT2D eigenvalue weighted by atomic mass is 10.2. The van der Waals surface area contributed by atoms with Crippen LogP contribution in [0.5, 0.6) is 5.75 Å². The van der Waals surface area contributed by atoms with Crippen molar-refractivity contribution in [1.29, 1.82) is 0 Å². The standard InChI is InChI=1S/C9H7ClFN3O/c10-8-5-7(11)4-6(9(8)15)2-1-3-13-14-12/h1-2,4-5,15H,3H2. The minimum atomic E-state index is -0.541. The molecule has 1 N–H and O–H groups in total. The maximum Gasteiger partial charge on any atom is 0.141 e. The van der Waals surface area contributed by atoms with Crippen molar-refractivity contribution in [2.24, 2.45) is 5.11 Å². The van der Waals surface area contributed by atoms with Crippen molar-refractivity contribution >= 4 is 17.7 Å². The van der Waals surface area contributed by atoms with Gasteiger partial charge in [0, 0.05) is 17.0 Å². The van der Waals surface area contributed by atoms with E-state index in [2.05, 4.69) is 10.0 Å². The first-order valence-corrected chi connectivity index (χ1v) is 4.38. The van der Waals surface area contributed by atoms with Gasteiger partial charge in [0.05, 0.1) is 5.02 Å². The molecule has 1 aromatic carbocycles. The third kappa shape index (κ3) is 3.16. The predicted octanol–water partition coefficient (Wildman–Crippen LogP) is 3.51. The topological polar surface area (TPSA) is 69.0 Å². The van der Waals surface area contributed by atoms with E-state index in [1.54, 1.807) is 0 Å². The van der Waals surface area contributed by atoms with Gasteiger partial charge >= 0.3 is 0 Å². The Morgan fingerprint density at radius 1 is 1.60 bits per heavy atom. The van der Waals surface area contributed by atoms with Gasteiger partial charge in [-0.05, 0) is 17.7 Å². The molecule has 4 nitrogen and oxygen atoms in total. The summed E-state index contributed by atoms with van der Waals surface area (Å²) in [6.07, 6.45) is 2.92. The minimum absolute atomic E-state index is 0.0570. The largest absolute Gasteiger partial charge is 0.506 e. The number of azide groups is 1. The van der Waals surface area contributed by atoms with Crippen LogP contribution in [-0.4, -0.2) is 11.7 Å². The number of rotatable bonds is 3. The molecule has 0 atom stereocenters. The Bertz CT molecular complexity index is 441. The molecular weight excluding hydrogens is 221 g/mol. The average Bonchev–Trinajstić information content (AvgIpc) is 2.19. The first-order chi connectivity index (χ1) is 7.15. The highest BCUT2D eigenvalue weighted by atomic mass is 35.5. The second kappa shape index (κ2) is 5.24. The van der Waals surface area contributed by atoms with Crippen LogP contribution >= 0.6 is 11.6 Å². The molecule has 0 unspecified atom stereocenters. The Balaban J connectivity index is 2.94. The molecule has 0 spiro atoms. The summed E-state index contributed by atoms with van der Waals surface area (Å²) in [5.41, 5.74) is 8.24. The minimum Gasteiger partial charge on any atom is -0.506 e. The highest BCUT2D eigenvalue weighted by Crippen LogP contribution is 2.29. The summed E-state index contributed by atoms with van der Waals surface area (Å²) in [5, 5.41) is 12.6. The van der Waals surface area contributed by atoms with Gasteiger partial charge in [-0.15, -0.1) is 0 Å². The van der Waals surface area contributed by atoms with Crippen molar-refractivity contribution in [3.8, 4) is 5.75 Å². The van der Waals surface area contributed by atoms with Crippen LogP contribution in [-0.2, 0) is 0 Å². The molecule has 0 saturated heterocycles. The highest BCUT2D eigenvalue weighted by molar-refractivity contribution is 6.32. The van der Waals surface area contributed by atoms with E-state index in [4.69, 9.17) is 17.1 Å². The second-order valence-electron chi connectivity index (χ2n) is 2.64. The monoisotopic (exact) mass is 227 g/mol. The Morgan fingerprint density at radius 3 is 3.00 bits per heavy atom. The number of hydrogen-bond acceptors (Lipinski definition) is 2. The Morgan fingerprint density at radius 2 is 2.33 bits per heavy atom. The van der Waals surface area contributed by atoms with Crippen molar-refractivity contribution in [2.75, 3.05) is 6.54 Å². The third-order valence-corrected chi connectivity index (χ3v) is 1.89. The van der Waals surface area contributed by atoms with E-state index in [-0.39, 0.29) is 22.9 Å². The Kier molecular flexibility index (Phi) is 3.97. The molecule has 78 valence electrons. The molecule has 0 aliphatic rings. The molecule has 0 aliphatic heterocycles. The van der Waals surface area contributed by atoms with Crippen LogP contribution in [0.15, 0.2) is 23.3 Å². The van der Waals surface area contributed by atoms with E-state index in [1.165, 1.54) is 12.2 Å². The summed E-state index contributed by atoms with van der Waals surface area (Å²) >= 11 is 5.55. The van der Waals surface area contributed by atoms with Crippen LogP contribution in [0.4, 0.5) is 4.39 Å². The molecular formula is C9H7ClFN3O. The van der Waals surface area contributed by atoms with Gasteiger partial charge in [-0.25, -0.2) is 4.39 Å². The lowest BCUT2D eigenvalue weighted by Gasteiger charge is -2.01. The number of halogens is 2. The summed E-state index contributed by atoms with van der Waals surface area (Å²) in [6.45, 7) is 0.129. The third-order valence-electron chi connectivity index (χ3n) is 1.61. The highest BCUT2D eigenvalue weighted by Gasteiger charge is 2.05. The van der Waals surface area contributed by atoms with Gasteiger partial charge in [-0.3, -0.25) is 0 Å². The quantitative estimate of drug-likeness (QED) is 0.479. The smallest absolute Gasteiger partial charge is 0.141 e. The Labute approximate surface area is 90.2 Å². The van der Waals surface area contributed by atoms with Crippen LogP contribution in [0.1, 0.15) is 5.56 Å². The van der Waals surface area contributed by atoms with Gasteiger partial charge in [0.1, 0.15) is 11.6 Å². The van der Waals surface area contributed by atoms with E-state index in [9.17, 15) is 9.50 Å². The lowest BCUT2D eigenvalue weighted by molar-refractivity contribution is 0.472. The summed E-state index contributed by atoms with van der Waals surface area (Å²) < 4.78 is 12.9. The zero-order chi connectivity index (χ0) is 11.3. The number of phenols is 1. The molecule has 0 amide bonds. The van der Waals surface area contributed by atoms with Gasteiger partial charge < -0.3 is 5.11 Å². The molecule has 1 aromatic rings. The number of aromatic hydroxyl groups is 1. The number of phenolic OH excluding ortho intramolecular Hbond substituents is 1. The summed E-state index contributed by atoms with van der Waals surface area (Å²) in [7, 11) is 0. The van der Waals surface area contributed by atoms with Gasteiger partial charge in [0.15, 0.2) is 0 Å². The van der Waals surface area contributed by atoms with Crippen LogP contribution in [0.25, 0.3) is 16.5 Å². The fourth-order valence-corrected chi connectivity index (χ4v) is 1.19. The fraction of sp³-hybridized carbons (Fsp3) is 0.111. The van der Waals surface area contributed by atoms with Crippen LogP contribution in [0.3, 0.4) is 0 Å². The molecule has 0 radical (unpaired) electrons. The molecule has 15 heavy (non-hydrogen) atoms. The fourth-order valence-electron chi connectivity index (χ4n) is 0.976. The van der Waals surface area contributed by atoms with Gasteiger partial charge in [0.2, 0.25) is 0 Å². The molecule has 0 heterocycles. The molecule has 0 saturated carbocycles. The van der Waals surface area contributed by atoms with E-state index in [1.807, 2.05) is 0 Å². The molecule has 0 bridgehead atoms. The maximum absolute atomic E-state index is 12.9.